The molecular weight excluding hydrogens is 609 g/mol. The lowest BCUT2D eigenvalue weighted by Crippen LogP contribution is -2.42. The van der Waals surface area contributed by atoms with Crippen LogP contribution >= 0.6 is 0 Å². The molecule has 1 aliphatic carbocycles. The molecule has 1 aromatic carbocycles. The molecule has 3 aromatic heterocycles. The number of aromatic nitrogens is 4. The summed E-state index contributed by atoms with van der Waals surface area (Å²) in [6, 6.07) is 8.41. The highest BCUT2D eigenvalue weighted by molar-refractivity contribution is 6.06. The van der Waals surface area contributed by atoms with Gasteiger partial charge >= 0.3 is 6.18 Å². The second kappa shape index (κ2) is 13.1. The van der Waals surface area contributed by atoms with Crippen LogP contribution in [0.3, 0.4) is 0 Å². The van der Waals surface area contributed by atoms with Gasteiger partial charge in [0.1, 0.15) is 17.3 Å². The van der Waals surface area contributed by atoms with Gasteiger partial charge in [-0.05, 0) is 70.3 Å². The summed E-state index contributed by atoms with van der Waals surface area (Å²) in [5, 5.41) is 11.5. The van der Waals surface area contributed by atoms with Gasteiger partial charge in [-0.15, -0.1) is 0 Å². The lowest BCUT2D eigenvalue weighted by molar-refractivity contribution is -0.137. The number of nitrogens with zero attached hydrogens (tertiary/aromatic N) is 5. The Balaban J connectivity index is 1.36. The molecule has 47 heavy (non-hydrogen) atoms. The number of amides is 2. The van der Waals surface area contributed by atoms with Crippen LogP contribution in [0.5, 0.6) is 0 Å². The number of carbonyl (C=O) groups excluding carboxylic acids is 2. The molecule has 0 saturated heterocycles. The van der Waals surface area contributed by atoms with Gasteiger partial charge in [0.2, 0.25) is 5.91 Å². The molecule has 2 aliphatic rings. The Bertz CT molecular complexity index is 1820. The van der Waals surface area contributed by atoms with E-state index in [9.17, 15) is 22.8 Å². The highest BCUT2D eigenvalue weighted by Gasteiger charge is 2.31. The second-order valence-corrected chi connectivity index (χ2v) is 12.4. The van der Waals surface area contributed by atoms with Crippen molar-refractivity contribution in [1.82, 2.24) is 30.0 Å². The molecule has 1 saturated carbocycles. The minimum atomic E-state index is -4.56. The Hall–Kier alpha value is -4.78. The zero-order valence-electron chi connectivity index (χ0n) is 26.2. The number of anilines is 2. The standard InChI is InChI=1S/C34H37F3N8O2/c1-20-16-28(46)41-25-7-5-8-26(18-25)45-31-23(6-3-4-15-44(20)2)19-40-32(38)29(31)30(43-45)21-9-11-22(12-10-21)33(47)42-27-17-24(13-14-39-27)34(35,36)37/h3,6,9-14,17,19-20,25-26H,4-5,7-8,15-16,18H2,1-2H3,(H2,38,40)(H,41,46)(H,39,42,47)/b6-3+/t20-,25-,26-/m1/s1. The number of nitrogens with two attached hydrogens (primary N) is 1. The van der Waals surface area contributed by atoms with Gasteiger partial charge in [0, 0.05) is 54.1 Å². The highest BCUT2D eigenvalue weighted by atomic mass is 19.4. The van der Waals surface area contributed by atoms with Crippen LogP contribution in [0, 0.1) is 0 Å². The van der Waals surface area contributed by atoms with E-state index in [1.165, 1.54) is 0 Å². The molecule has 1 fully saturated rings. The summed E-state index contributed by atoms with van der Waals surface area (Å²) < 4.78 is 41.4. The number of hydrogen-bond donors (Lipinski definition) is 3. The maximum Gasteiger partial charge on any atom is 0.416 e. The Labute approximate surface area is 270 Å². The van der Waals surface area contributed by atoms with Crippen LogP contribution in [0.4, 0.5) is 24.8 Å². The van der Waals surface area contributed by atoms with Crippen LogP contribution in [-0.4, -0.2) is 62.1 Å². The smallest absolute Gasteiger partial charge is 0.383 e. The quantitative estimate of drug-likeness (QED) is 0.246. The lowest BCUT2D eigenvalue weighted by Gasteiger charge is -2.31. The summed E-state index contributed by atoms with van der Waals surface area (Å²) in [4.78, 5) is 36.4. The highest BCUT2D eigenvalue weighted by Crippen LogP contribution is 2.39. The third kappa shape index (κ3) is 6.99. The number of nitrogen functional groups attached to an aromatic ring is 1. The molecule has 4 aromatic rings. The molecule has 2 amide bonds. The van der Waals surface area contributed by atoms with Crippen molar-refractivity contribution in [1.29, 1.82) is 0 Å². The van der Waals surface area contributed by atoms with E-state index in [0.29, 0.717) is 28.9 Å². The molecule has 1 aliphatic heterocycles. The van der Waals surface area contributed by atoms with Gasteiger partial charge in [-0.1, -0.05) is 24.3 Å². The van der Waals surface area contributed by atoms with E-state index in [-0.39, 0.29) is 35.4 Å². The molecule has 10 nitrogen and oxygen atoms in total. The van der Waals surface area contributed by atoms with E-state index in [1.807, 2.05) is 17.8 Å². The molecule has 0 spiro atoms. The monoisotopic (exact) mass is 646 g/mol. The van der Waals surface area contributed by atoms with Crippen LogP contribution in [0.2, 0.25) is 0 Å². The van der Waals surface area contributed by atoms with E-state index in [4.69, 9.17) is 10.8 Å². The Morgan fingerprint density at radius 2 is 1.91 bits per heavy atom. The van der Waals surface area contributed by atoms with Crippen LogP contribution in [0.15, 0.2) is 54.9 Å². The zero-order valence-corrected chi connectivity index (χ0v) is 26.2. The van der Waals surface area contributed by atoms with E-state index in [1.54, 1.807) is 30.5 Å². The number of alkyl halides is 3. The fourth-order valence-corrected chi connectivity index (χ4v) is 6.39. The van der Waals surface area contributed by atoms with Crippen molar-refractivity contribution >= 4 is 40.4 Å². The van der Waals surface area contributed by atoms with Crippen molar-refractivity contribution < 1.29 is 22.8 Å². The first-order valence-electron chi connectivity index (χ1n) is 15.8. The maximum atomic E-state index is 13.1. The van der Waals surface area contributed by atoms with Crippen molar-refractivity contribution in [2.45, 2.75) is 69.8 Å². The molecule has 0 radical (unpaired) electrons. The number of fused-ring (bicyclic) bond motifs is 3. The summed E-state index contributed by atoms with van der Waals surface area (Å²) in [6.45, 7) is 2.86. The average Bonchev–Trinajstić information content (AvgIpc) is 3.45. The normalized spacial score (nSPS) is 21.8. The Kier molecular flexibility index (Phi) is 9.00. The SMILES string of the molecule is C[C@@H]1CC(=O)N[C@@H]2CCC[C@H](C2)n2nc(-c3ccc(C(=O)Nc4cc(C(F)(F)F)ccn4)cc3)c3c(N)ncc(c32)/C=C/CCN1C. The van der Waals surface area contributed by atoms with E-state index < -0.39 is 17.6 Å². The van der Waals surface area contributed by atoms with Crippen molar-refractivity contribution in [3.05, 3.63) is 71.6 Å². The van der Waals surface area contributed by atoms with Gasteiger partial charge in [-0.25, -0.2) is 9.97 Å². The summed E-state index contributed by atoms with van der Waals surface area (Å²) in [5.41, 5.74) is 8.89. The van der Waals surface area contributed by atoms with Crippen molar-refractivity contribution in [3.8, 4) is 11.3 Å². The van der Waals surface area contributed by atoms with Crippen LogP contribution < -0.4 is 16.4 Å². The summed E-state index contributed by atoms with van der Waals surface area (Å²) in [5.74, 6) is -0.431. The number of halogens is 3. The molecule has 6 rings (SSSR count). The number of rotatable bonds is 3. The molecule has 13 heteroatoms. The number of hydrogen-bond acceptors (Lipinski definition) is 7. The van der Waals surface area contributed by atoms with Crippen molar-refractivity contribution in [3.63, 3.8) is 0 Å². The summed E-state index contributed by atoms with van der Waals surface area (Å²) in [6.07, 6.45) is 7.00. The predicted molar refractivity (Wildman–Crippen MR) is 174 cm³/mol. The van der Waals surface area contributed by atoms with Gasteiger partial charge in [0.25, 0.3) is 5.91 Å². The van der Waals surface area contributed by atoms with Crippen LogP contribution in [0.25, 0.3) is 28.2 Å². The summed E-state index contributed by atoms with van der Waals surface area (Å²) >= 11 is 0. The summed E-state index contributed by atoms with van der Waals surface area (Å²) in [7, 11) is 2.03. The lowest BCUT2D eigenvalue weighted by atomic mass is 9.90. The number of nitrogens with one attached hydrogen (secondary N) is 2. The van der Waals surface area contributed by atoms with E-state index in [2.05, 4.69) is 38.5 Å². The minimum absolute atomic E-state index is 0.00879. The number of pyridine rings is 2. The molecule has 246 valence electrons. The van der Waals surface area contributed by atoms with Gasteiger partial charge in [0.15, 0.2) is 0 Å². The topological polar surface area (TPSA) is 131 Å². The largest absolute Gasteiger partial charge is 0.416 e. The molecule has 3 atom stereocenters. The molecule has 2 bridgehead atoms. The maximum absolute atomic E-state index is 13.1. The van der Waals surface area contributed by atoms with Crippen molar-refractivity contribution in [2.75, 3.05) is 24.6 Å². The van der Waals surface area contributed by atoms with E-state index >= 15 is 0 Å². The van der Waals surface area contributed by atoms with Gasteiger partial charge in [-0.2, -0.15) is 18.3 Å². The first-order chi connectivity index (χ1) is 22.5. The number of carbonyl (C=O) groups is 2. The molecule has 4 N–H and O–H groups in total. The zero-order chi connectivity index (χ0) is 33.3. The van der Waals surface area contributed by atoms with Gasteiger partial charge in [0.05, 0.1) is 22.5 Å². The molecular formula is C34H37F3N8O2. The van der Waals surface area contributed by atoms with Crippen molar-refractivity contribution in [2.24, 2.45) is 0 Å². The minimum Gasteiger partial charge on any atom is -0.383 e. The Morgan fingerprint density at radius 3 is 2.68 bits per heavy atom. The van der Waals surface area contributed by atoms with Gasteiger partial charge in [-0.3, -0.25) is 14.3 Å². The van der Waals surface area contributed by atoms with E-state index in [0.717, 1.165) is 68.1 Å². The van der Waals surface area contributed by atoms with Gasteiger partial charge < -0.3 is 21.3 Å². The first kappa shape index (κ1) is 32.2. The first-order valence-corrected chi connectivity index (χ1v) is 15.8. The fourth-order valence-electron chi connectivity index (χ4n) is 6.39. The second-order valence-electron chi connectivity index (χ2n) is 12.4. The Morgan fingerprint density at radius 1 is 1.13 bits per heavy atom. The van der Waals surface area contributed by atoms with Crippen LogP contribution in [-0.2, 0) is 11.0 Å². The fraction of sp³-hybridized carbons (Fsp3) is 0.382. The van der Waals surface area contributed by atoms with Crippen LogP contribution in [0.1, 0.15) is 73.0 Å². The average molecular weight is 647 g/mol. The molecule has 4 heterocycles. The predicted octanol–water partition coefficient (Wildman–Crippen LogP) is 6.07. The third-order valence-corrected chi connectivity index (χ3v) is 9.07. The molecule has 0 unspecified atom stereocenters. The third-order valence-electron chi connectivity index (χ3n) is 9.07. The number of benzene rings is 1.